The molecule has 1 aromatic heterocycles. The van der Waals surface area contributed by atoms with Crippen LogP contribution in [0.1, 0.15) is 16.1 Å². The van der Waals surface area contributed by atoms with Gasteiger partial charge >= 0.3 is 0 Å². The van der Waals surface area contributed by atoms with Gasteiger partial charge in [0, 0.05) is 10.7 Å². The van der Waals surface area contributed by atoms with Gasteiger partial charge in [0.1, 0.15) is 0 Å². The summed E-state index contributed by atoms with van der Waals surface area (Å²) in [5.74, 6) is -0.216. The second-order valence-corrected chi connectivity index (χ2v) is 4.84. The van der Waals surface area contributed by atoms with Gasteiger partial charge in [0.2, 0.25) is 0 Å². The molecule has 0 aliphatic rings. The summed E-state index contributed by atoms with van der Waals surface area (Å²) in [5, 5.41) is 3.19. The van der Waals surface area contributed by atoms with E-state index in [0.29, 0.717) is 21.6 Å². The summed E-state index contributed by atoms with van der Waals surface area (Å²) in [6.07, 6.45) is 1.69. The van der Waals surface area contributed by atoms with Crippen LogP contribution in [0.25, 0.3) is 0 Å². The highest BCUT2D eigenvalue weighted by Crippen LogP contribution is 2.25. The monoisotopic (exact) mass is 324 g/mol. The van der Waals surface area contributed by atoms with Gasteiger partial charge in [-0.1, -0.05) is 23.7 Å². The normalized spacial score (nSPS) is 10.1. The van der Waals surface area contributed by atoms with Crippen LogP contribution >= 0.6 is 27.5 Å². The molecule has 1 amide bonds. The fraction of sp³-hybridized carbons (Fsp3) is 0.0769. The van der Waals surface area contributed by atoms with Crippen molar-refractivity contribution >= 4 is 33.4 Å². The SMILES string of the molecule is O=C(NCc1ccccn1)c1cccc(Br)c1Cl. The number of rotatable bonds is 3. The summed E-state index contributed by atoms with van der Waals surface area (Å²) in [4.78, 5) is 16.1. The van der Waals surface area contributed by atoms with Gasteiger partial charge in [-0.05, 0) is 40.2 Å². The highest BCUT2D eigenvalue weighted by atomic mass is 79.9. The molecule has 0 saturated heterocycles. The Bertz CT molecular complexity index is 560. The van der Waals surface area contributed by atoms with Gasteiger partial charge in [-0.25, -0.2) is 0 Å². The van der Waals surface area contributed by atoms with Crippen LogP contribution in [0.4, 0.5) is 0 Å². The quantitative estimate of drug-likeness (QED) is 0.939. The van der Waals surface area contributed by atoms with Crippen LogP contribution in [-0.4, -0.2) is 10.9 Å². The van der Waals surface area contributed by atoms with Crippen molar-refractivity contribution in [3.63, 3.8) is 0 Å². The average Bonchev–Trinajstić information content (AvgIpc) is 2.40. The molecule has 18 heavy (non-hydrogen) atoms. The molecule has 0 radical (unpaired) electrons. The maximum absolute atomic E-state index is 11.9. The van der Waals surface area contributed by atoms with Gasteiger partial charge in [-0.15, -0.1) is 0 Å². The number of benzene rings is 1. The summed E-state index contributed by atoms with van der Waals surface area (Å²) in [5.41, 5.74) is 1.25. The Morgan fingerprint density at radius 2 is 2.11 bits per heavy atom. The number of aromatic nitrogens is 1. The Labute approximate surface area is 118 Å². The molecule has 0 aliphatic heterocycles. The first-order chi connectivity index (χ1) is 8.68. The first-order valence-electron chi connectivity index (χ1n) is 5.30. The maximum atomic E-state index is 11.9. The largest absolute Gasteiger partial charge is 0.346 e. The minimum atomic E-state index is -0.216. The lowest BCUT2D eigenvalue weighted by molar-refractivity contribution is 0.0950. The Balaban J connectivity index is 2.07. The van der Waals surface area contributed by atoms with Gasteiger partial charge in [0.25, 0.3) is 5.91 Å². The minimum absolute atomic E-state index is 0.216. The van der Waals surface area contributed by atoms with Crippen LogP contribution in [0.3, 0.4) is 0 Å². The predicted molar refractivity (Wildman–Crippen MR) is 74.6 cm³/mol. The number of pyridine rings is 1. The highest BCUT2D eigenvalue weighted by Gasteiger charge is 2.11. The number of hydrogen-bond acceptors (Lipinski definition) is 2. The van der Waals surface area contributed by atoms with Crippen LogP contribution in [-0.2, 0) is 6.54 Å². The van der Waals surface area contributed by atoms with E-state index < -0.39 is 0 Å². The number of nitrogens with one attached hydrogen (secondary N) is 1. The van der Waals surface area contributed by atoms with Crippen molar-refractivity contribution < 1.29 is 4.79 Å². The molecule has 0 atom stereocenters. The Hall–Kier alpha value is -1.39. The van der Waals surface area contributed by atoms with Crippen molar-refractivity contribution in [2.24, 2.45) is 0 Å². The molecule has 0 saturated carbocycles. The summed E-state index contributed by atoms with van der Waals surface area (Å²) >= 11 is 9.33. The van der Waals surface area contributed by atoms with Crippen molar-refractivity contribution in [1.29, 1.82) is 0 Å². The molecule has 0 spiro atoms. The fourth-order valence-corrected chi connectivity index (χ4v) is 2.03. The lowest BCUT2D eigenvalue weighted by Gasteiger charge is -2.07. The number of carbonyl (C=O) groups excluding carboxylic acids is 1. The van der Waals surface area contributed by atoms with Crippen LogP contribution in [0.2, 0.25) is 5.02 Å². The second-order valence-electron chi connectivity index (χ2n) is 3.61. The lowest BCUT2D eigenvalue weighted by atomic mass is 10.2. The molecule has 1 heterocycles. The molecule has 2 rings (SSSR count). The molecular formula is C13H10BrClN2O. The Morgan fingerprint density at radius 1 is 1.28 bits per heavy atom. The number of amides is 1. The van der Waals surface area contributed by atoms with Gasteiger partial charge in [0.15, 0.2) is 0 Å². The second kappa shape index (κ2) is 5.98. The van der Waals surface area contributed by atoms with E-state index in [2.05, 4.69) is 26.2 Å². The molecule has 1 aromatic carbocycles. The number of halogens is 2. The van der Waals surface area contributed by atoms with E-state index in [9.17, 15) is 4.79 Å². The predicted octanol–water partition coefficient (Wildman–Crippen LogP) is 3.43. The van der Waals surface area contributed by atoms with E-state index in [1.54, 1.807) is 24.4 Å². The standard InChI is InChI=1S/C13H10BrClN2O/c14-11-6-3-5-10(12(11)15)13(18)17-8-9-4-1-2-7-16-9/h1-7H,8H2,(H,17,18). The number of carbonyl (C=O) groups is 1. The minimum Gasteiger partial charge on any atom is -0.346 e. The Kier molecular flexibility index (Phi) is 4.33. The van der Waals surface area contributed by atoms with Crippen molar-refractivity contribution in [3.8, 4) is 0 Å². The van der Waals surface area contributed by atoms with E-state index >= 15 is 0 Å². The van der Waals surface area contributed by atoms with E-state index in [1.807, 2.05) is 18.2 Å². The van der Waals surface area contributed by atoms with Gasteiger partial charge in [-0.2, -0.15) is 0 Å². The summed E-state index contributed by atoms with van der Waals surface area (Å²) in [6, 6.07) is 10.8. The van der Waals surface area contributed by atoms with Crippen LogP contribution in [0.5, 0.6) is 0 Å². The van der Waals surface area contributed by atoms with Gasteiger partial charge < -0.3 is 5.32 Å². The van der Waals surface area contributed by atoms with Crippen molar-refractivity contribution in [2.75, 3.05) is 0 Å². The van der Waals surface area contributed by atoms with Crippen molar-refractivity contribution in [2.45, 2.75) is 6.54 Å². The maximum Gasteiger partial charge on any atom is 0.253 e. The first kappa shape index (κ1) is 13.1. The molecule has 0 unspecified atom stereocenters. The molecule has 0 bridgehead atoms. The topological polar surface area (TPSA) is 42.0 Å². The molecule has 3 nitrogen and oxygen atoms in total. The number of hydrogen-bond donors (Lipinski definition) is 1. The zero-order valence-corrected chi connectivity index (χ0v) is 11.7. The summed E-state index contributed by atoms with van der Waals surface area (Å²) in [7, 11) is 0. The zero-order valence-electron chi connectivity index (χ0n) is 9.36. The lowest BCUT2D eigenvalue weighted by Crippen LogP contribution is -2.23. The Morgan fingerprint density at radius 3 is 2.83 bits per heavy atom. The van der Waals surface area contributed by atoms with Gasteiger partial charge in [0.05, 0.1) is 22.8 Å². The number of nitrogens with zero attached hydrogens (tertiary/aromatic N) is 1. The van der Waals surface area contributed by atoms with Crippen molar-refractivity contribution in [3.05, 3.63) is 63.3 Å². The van der Waals surface area contributed by atoms with E-state index in [0.717, 1.165) is 5.69 Å². The fourth-order valence-electron chi connectivity index (χ4n) is 1.45. The molecule has 2 aromatic rings. The molecule has 1 N–H and O–H groups in total. The van der Waals surface area contributed by atoms with E-state index in [-0.39, 0.29) is 5.91 Å². The van der Waals surface area contributed by atoms with Crippen LogP contribution in [0.15, 0.2) is 47.1 Å². The third kappa shape index (κ3) is 3.09. The van der Waals surface area contributed by atoms with E-state index in [1.165, 1.54) is 0 Å². The van der Waals surface area contributed by atoms with Crippen molar-refractivity contribution in [1.82, 2.24) is 10.3 Å². The zero-order chi connectivity index (χ0) is 13.0. The summed E-state index contributed by atoms with van der Waals surface area (Å²) < 4.78 is 0.703. The molecule has 5 heteroatoms. The molecule has 0 aliphatic carbocycles. The molecule has 0 fully saturated rings. The first-order valence-corrected chi connectivity index (χ1v) is 6.47. The van der Waals surface area contributed by atoms with E-state index in [4.69, 9.17) is 11.6 Å². The molecule has 92 valence electrons. The molecular weight excluding hydrogens is 316 g/mol. The third-order valence-electron chi connectivity index (χ3n) is 2.35. The third-order valence-corrected chi connectivity index (χ3v) is 3.65. The average molecular weight is 326 g/mol. The summed E-state index contributed by atoms with van der Waals surface area (Å²) in [6.45, 7) is 0.377. The van der Waals surface area contributed by atoms with Crippen LogP contribution in [0, 0.1) is 0 Å². The van der Waals surface area contributed by atoms with Gasteiger partial charge in [-0.3, -0.25) is 9.78 Å². The van der Waals surface area contributed by atoms with Crippen LogP contribution < -0.4 is 5.32 Å². The smallest absolute Gasteiger partial charge is 0.253 e. The highest BCUT2D eigenvalue weighted by molar-refractivity contribution is 9.10.